The van der Waals surface area contributed by atoms with E-state index in [2.05, 4.69) is 5.32 Å². The van der Waals surface area contributed by atoms with Gasteiger partial charge in [-0.3, -0.25) is 14.4 Å². The maximum Gasteiger partial charge on any atom is 0.311 e. The Kier molecular flexibility index (Phi) is 6.31. The number of nitrogens with one attached hydrogen (secondary N) is 1. The molecular formula is C21H21ClN2O4. The van der Waals surface area contributed by atoms with Crippen LogP contribution in [0.2, 0.25) is 5.02 Å². The molecule has 1 aliphatic rings. The lowest BCUT2D eigenvalue weighted by Crippen LogP contribution is -2.28. The monoisotopic (exact) mass is 400 g/mol. The number of carbonyl (C=O) groups is 3. The average molecular weight is 401 g/mol. The number of hydrogen-bond donors (Lipinski definition) is 1. The Morgan fingerprint density at radius 1 is 1.14 bits per heavy atom. The third kappa shape index (κ3) is 5.33. The van der Waals surface area contributed by atoms with Gasteiger partial charge in [0.05, 0.1) is 5.92 Å². The molecular weight excluding hydrogens is 380 g/mol. The molecule has 0 bridgehead atoms. The van der Waals surface area contributed by atoms with Crippen LogP contribution in [-0.2, 0) is 25.7 Å². The summed E-state index contributed by atoms with van der Waals surface area (Å²) in [7, 11) is 0. The first-order chi connectivity index (χ1) is 13.4. The Morgan fingerprint density at radius 2 is 1.82 bits per heavy atom. The van der Waals surface area contributed by atoms with Gasteiger partial charge in [-0.2, -0.15) is 0 Å². The molecule has 0 aliphatic carbocycles. The van der Waals surface area contributed by atoms with E-state index in [1.165, 1.54) is 0 Å². The summed E-state index contributed by atoms with van der Waals surface area (Å²) in [5, 5.41) is 3.18. The molecule has 0 radical (unpaired) electrons. The standard InChI is InChI=1S/C21H21ClN2O4/c1-14-2-4-15(5-3-14)11-24-12-16(10-20(24)26)21(27)28-13-19(25)23-18-8-6-17(22)7-9-18/h2-9,16H,10-13H2,1H3,(H,23,25)/t16-/m0/s1. The van der Waals surface area contributed by atoms with Gasteiger partial charge in [0.25, 0.3) is 5.91 Å². The molecule has 0 unspecified atom stereocenters. The highest BCUT2D eigenvalue weighted by atomic mass is 35.5. The van der Waals surface area contributed by atoms with E-state index in [4.69, 9.17) is 16.3 Å². The number of nitrogens with zero attached hydrogens (tertiary/aromatic N) is 1. The zero-order chi connectivity index (χ0) is 20.1. The Balaban J connectivity index is 1.46. The second-order valence-electron chi connectivity index (χ2n) is 6.82. The molecule has 1 atom stereocenters. The fourth-order valence-corrected chi connectivity index (χ4v) is 3.11. The molecule has 3 rings (SSSR count). The summed E-state index contributed by atoms with van der Waals surface area (Å²) < 4.78 is 5.09. The molecule has 2 aromatic rings. The number of halogens is 1. The Hall–Kier alpha value is -2.86. The summed E-state index contributed by atoms with van der Waals surface area (Å²) in [5.74, 6) is -1.63. The number of esters is 1. The maximum atomic E-state index is 12.2. The van der Waals surface area contributed by atoms with Gasteiger partial charge < -0.3 is 15.0 Å². The zero-order valence-corrected chi connectivity index (χ0v) is 16.2. The molecule has 28 heavy (non-hydrogen) atoms. The molecule has 2 aromatic carbocycles. The summed E-state index contributed by atoms with van der Waals surface area (Å²) in [5.41, 5.74) is 2.72. The lowest BCUT2D eigenvalue weighted by molar-refractivity contribution is -0.151. The zero-order valence-electron chi connectivity index (χ0n) is 15.5. The van der Waals surface area contributed by atoms with E-state index in [-0.39, 0.29) is 12.3 Å². The van der Waals surface area contributed by atoms with Gasteiger partial charge in [-0.15, -0.1) is 0 Å². The van der Waals surface area contributed by atoms with Gasteiger partial charge in [0, 0.05) is 30.2 Å². The Morgan fingerprint density at radius 3 is 2.50 bits per heavy atom. The first-order valence-corrected chi connectivity index (χ1v) is 9.34. The number of carbonyl (C=O) groups excluding carboxylic acids is 3. The van der Waals surface area contributed by atoms with Crippen LogP contribution in [0.25, 0.3) is 0 Å². The van der Waals surface area contributed by atoms with E-state index in [1.807, 2.05) is 31.2 Å². The van der Waals surface area contributed by atoms with Gasteiger partial charge in [0.15, 0.2) is 6.61 Å². The number of hydrogen-bond acceptors (Lipinski definition) is 4. The number of likely N-dealkylation sites (tertiary alicyclic amines) is 1. The third-order valence-corrected chi connectivity index (χ3v) is 4.77. The molecule has 146 valence electrons. The van der Waals surface area contributed by atoms with Crippen molar-refractivity contribution < 1.29 is 19.1 Å². The van der Waals surface area contributed by atoms with Crippen LogP contribution in [0, 0.1) is 12.8 Å². The molecule has 0 saturated carbocycles. The molecule has 6 nitrogen and oxygen atoms in total. The van der Waals surface area contributed by atoms with Gasteiger partial charge in [0.1, 0.15) is 0 Å². The fourth-order valence-electron chi connectivity index (χ4n) is 2.98. The van der Waals surface area contributed by atoms with Gasteiger partial charge in [-0.25, -0.2) is 0 Å². The van der Waals surface area contributed by atoms with Crippen LogP contribution in [0.1, 0.15) is 17.5 Å². The molecule has 2 amide bonds. The van der Waals surface area contributed by atoms with Crippen LogP contribution >= 0.6 is 11.6 Å². The molecule has 1 N–H and O–H groups in total. The molecule has 0 spiro atoms. The third-order valence-electron chi connectivity index (χ3n) is 4.52. The van der Waals surface area contributed by atoms with Gasteiger partial charge in [-0.1, -0.05) is 41.4 Å². The highest BCUT2D eigenvalue weighted by molar-refractivity contribution is 6.30. The normalized spacial score (nSPS) is 16.1. The molecule has 7 heteroatoms. The van der Waals surface area contributed by atoms with Crippen LogP contribution in [-0.4, -0.2) is 35.8 Å². The van der Waals surface area contributed by atoms with Crippen molar-refractivity contribution in [1.29, 1.82) is 0 Å². The van der Waals surface area contributed by atoms with Crippen LogP contribution < -0.4 is 5.32 Å². The van der Waals surface area contributed by atoms with E-state index < -0.39 is 24.4 Å². The lowest BCUT2D eigenvalue weighted by atomic mass is 10.1. The average Bonchev–Trinajstić information content (AvgIpc) is 3.04. The van der Waals surface area contributed by atoms with Crippen molar-refractivity contribution in [2.45, 2.75) is 19.9 Å². The van der Waals surface area contributed by atoms with Crippen molar-refractivity contribution in [3.05, 3.63) is 64.7 Å². The maximum absolute atomic E-state index is 12.2. The first-order valence-electron chi connectivity index (χ1n) is 8.96. The minimum atomic E-state index is -0.554. The van der Waals surface area contributed by atoms with Crippen LogP contribution in [0.3, 0.4) is 0 Å². The first kappa shape index (κ1) is 19.9. The molecule has 1 fully saturated rings. The van der Waals surface area contributed by atoms with Gasteiger partial charge in [-0.05, 0) is 36.8 Å². The second-order valence-corrected chi connectivity index (χ2v) is 7.26. The van der Waals surface area contributed by atoms with Crippen molar-refractivity contribution in [1.82, 2.24) is 4.90 Å². The van der Waals surface area contributed by atoms with Crippen molar-refractivity contribution in [2.24, 2.45) is 5.92 Å². The molecule has 1 aliphatic heterocycles. The van der Waals surface area contributed by atoms with Crippen molar-refractivity contribution >= 4 is 35.1 Å². The lowest BCUT2D eigenvalue weighted by Gasteiger charge is -2.16. The van der Waals surface area contributed by atoms with E-state index in [0.29, 0.717) is 23.8 Å². The smallest absolute Gasteiger partial charge is 0.311 e. The number of anilines is 1. The summed E-state index contributed by atoms with van der Waals surface area (Å²) >= 11 is 5.79. The number of amides is 2. The van der Waals surface area contributed by atoms with E-state index in [9.17, 15) is 14.4 Å². The summed E-state index contributed by atoms with van der Waals surface area (Å²) in [6, 6.07) is 14.5. The number of benzene rings is 2. The number of ether oxygens (including phenoxy) is 1. The van der Waals surface area contributed by atoms with Crippen molar-refractivity contribution in [3.63, 3.8) is 0 Å². The van der Waals surface area contributed by atoms with Gasteiger partial charge >= 0.3 is 5.97 Å². The van der Waals surface area contributed by atoms with E-state index in [1.54, 1.807) is 29.2 Å². The minimum Gasteiger partial charge on any atom is -0.455 e. The summed E-state index contributed by atoms with van der Waals surface area (Å²) in [6.07, 6.45) is 0.101. The molecule has 0 aromatic heterocycles. The second kappa shape index (κ2) is 8.89. The quantitative estimate of drug-likeness (QED) is 0.755. The largest absolute Gasteiger partial charge is 0.455 e. The minimum absolute atomic E-state index is 0.0897. The summed E-state index contributed by atoms with van der Waals surface area (Å²) in [6.45, 7) is 2.36. The van der Waals surface area contributed by atoms with Crippen LogP contribution in [0.5, 0.6) is 0 Å². The van der Waals surface area contributed by atoms with E-state index >= 15 is 0 Å². The molecule has 1 saturated heterocycles. The SMILES string of the molecule is Cc1ccc(CN2C[C@@H](C(=O)OCC(=O)Nc3ccc(Cl)cc3)CC2=O)cc1. The van der Waals surface area contributed by atoms with Crippen molar-refractivity contribution in [2.75, 3.05) is 18.5 Å². The van der Waals surface area contributed by atoms with Crippen molar-refractivity contribution in [3.8, 4) is 0 Å². The molecule has 1 heterocycles. The highest BCUT2D eigenvalue weighted by Gasteiger charge is 2.35. The highest BCUT2D eigenvalue weighted by Crippen LogP contribution is 2.21. The van der Waals surface area contributed by atoms with Gasteiger partial charge in [0.2, 0.25) is 5.91 Å². The number of aryl methyl sites for hydroxylation is 1. The predicted molar refractivity (Wildman–Crippen MR) is 106 cm³/mol. The number of rotatable bonds is 6. The predicted octanol–water partition coefficient (Wildman–Crippen LogP) is 3.18. The fraction of sp³-hybridized carbons (Fsp3) is 0.286. The topological polar surface area (TPSA) is 75.7 Å². The van der Waals surface area contributed by atoms with Crippen LogP contribution in [0.4, 0.5) is 5.69 Å². The Labute approximate surface area is 168 Å². The van der Waals surface area contributed by atoms with E-state index in [0.717, 1.165) is 11.1 Å². The Bertz CT molecular complexity index is 865. The van der Waals surface area contributed by atoms with Crippen LogP contribution in [0.15, 0.2) is 48.5 Å². The summed E-state index contributed by atoms with van der Waals surface area (Å²) in [4.78, 5) is 38.0.